The Hall–Kier alpha value is -0.850. The highest BCUT2D eigenvalue weighted by Crippen LogP contribution is 2.12. The first kappa shape index (κ1) is 7.26. The van der Waals surface area contributed by atoms with Crippen LogP contribution in [0.5, 0.6) is 0 Å². The molecule has 0 amide bonds. The number of pyridine rings is 1. The molecule has 0 aliphatic carbocycles. The smallest absolute Gasteiger partial charge is 0.0410 e. The van der Waals surface area contributed by atoms with Crippen LogP contribution in [0.1, 0.15) is 31.0 Å². The van der Waals surface area contributed by atoms with Crippen LogP contribution in [0.15, 0.2) is 18.3 Å². The second kappa shape index (κ2) is 2.82. The molecule has 1 heterocycles. The number of rotatable bonds is 1. The van der Waals surface area contributed by atoms with Crippen LogP contribution >= 0.6 is 0 Å². The van der Waals surface area contributed by atoms with Crippen LogP contribution in [0.3, 0.4) is 0 Å². The minimum atomic E-state index is 0.573. The molecule has 0 aliphatic heterocycles. The highest BCUT2D eigenvalue weighted by molar-refractivity contribution is 5.20. The van der Waals surface area contributed by atoms with E-state index in [1.807, 2.05) is 12.1 Å². The van der Waals surface area contributed by atoms with Crippen molar-refractivity contribution in [3.8, 4) is 0 Å². The van der Waals surface area contributed by atoms with Gasteiger partial charge in [0.25, 0.3) is 0 Å². The van der Waals surface area contributed by atoms with E-state index in [4.69, 9.17) is 0 Å². The highest BCUT2D eigenvalue weighted by atomic mass is 14.6. The molecule has 0 fully saturated rings. The Morgan fingerprint density at radius 1 is 1.50 bits per heavy atom. The minimum absolute atomic E-state index is 0.573. The largest absolute Gasteiger partial charge is 0.261 e. The molecule has 0 atom stereocenters. The molecule has 0 aliphatic rings. The van der Waals surface area contributed by atoms with Gasteiger partial charge in [-0.05, 0) is 30.5 Å². The van der Waals surface area contributed by atoms with Crippen molar-refractivity contribution in [1.29, 1.82) is 0 Å². The molecule has 1 heteroatoms. The predicted molar refractivity (Wildman–Crippen MR) is 42.8 cm³/mol. The molecule has 10 heavy (non-hydrogen) atoms. The standard InChI is InChI=1S/C9H12N/c1-7(2)9-4-5-10-8(3)6-9/h4-7H,3H2,1-2H3. The normalized spacial score (nSPS) is 10.4. The van der Waals surface area contributed by atoms with Crippen LogP contribution in [0.25, 0.3) is 0 Å². The maximum atomic E-state index is 4.01. The first-order chi connectivity index (χ1) is 4.70. The Morgan fingerprint density at radius 3 is 2.60 bits per heavy atom. The van der Waals surface area contributed by atoms with Crippen LogP contribution in [-0.2, 0) is 0 Å². The topological polar surface area (TPSA) is 12.9 Å². The zero-order chi connectivity index (χ0) is 7.56. The Labute approximate surface area is 62.1 Å². The lowest BCUT2D eigenvalue weighted by molar-refractivity contribution is 0.861. The van der Waals surface area contributed by atoms with Gasteiger partial charge in [-0.25, -0.2) is 0 Å². The number of aromatic nitrogens is 1. The van der Waals surface area contributed by atoms with E-state index in [9.17, 15) is 0 Å². The fourth-order valence-corrected chi connectivity index (χ4v) is 0.856. The van der Waals surface area contributed by atoms with Crippen molar-refractivity contribution >= 4 is 0 Å². The van der Waals surface area contributed by atoms with Crippen LogP contribution in [0.2, 0.25) is 0 Å². The average molecular weight is 134 g/mol. The fraction of sp³-hybridized carbons (Fsp3) is 0.333. The quantitative estimate of drug-likeness (QED) is 0.574. The predicted octanol–water partition coefficient (Wildman–Crippen LogP) is 2.39. The van der Waals surface area contributed by atoms with Gasteiger partial charge in [-0.1, -0.05) is 13.8 Å². The Balaban J connectivity index is 2.96. The summed E-state index contributed by atoms with van der Waals surface area (Å²) in [5.41, 5.74) is 2.16. The van der Waals surface area contributed by atoms with Crippen molar-refractivity contribution in [2.75, 3.05) is 0 Å². The monoisotopic (exact) mass is 134 g/mol. The summed E-state index contributed by atoms with van der Waals surface area (Å²) in [6.45, 7) is 8.08. The lowest BCUT2D eigenvalue weighted by atomic mass is 10.0. The van der Waals surface area contributed by atoms with E-state index in [0.29, 0.717) is 5.92 Å². The van der Waals surface area contributed by atoms with Gasteiger partial charge in [-0.3, -0.25) is 4.98 Å². The maximum absolute atomic E-state index is 4.01. The summed E-state index contributed by atoms with van der Waals surface area (Å²) < 4.78 is 0. The average Bonchev–Trinajstić information content (AvgIpc) is 1.88. The first-order valence-corrected chi connectivity index (χ1v) is 3.48. The Bertz CT molecular complexity index is 216. The molecule has 53 valence electrons. The first-order valence-electron chi connectivity index (χ1n) is 3.48. The van der Waals surface area contributed by atoms with Crippen LogP contribution in [0, 0.1) is 6.92 Å². The molecular formula is C9H12N. The van der Waals surface area contributed by atoms with Crippen LogP contribution < -0.4 is 0 Å². The molecular weight excluding hydrogens is 122 g/mol. The van der Waals surface area contributed by atoms with Crippen molar-refractivity contribution in [2.45, 2.75) is 19.8 Å². The lowest BCUT2D eigenvalue weighted by Crippen LogP contribution is -1.88. The zero-order valence-corrected chi connectivity index (χ0v) is 6.46. The summed E-state index contributed by atoms with van der Waals surface area (Å²) >= 11 is 0. The SMILES string of the molecule is [CH2]c1cc(C(C)C)ccn1. The molecule has 1 aromatic rings. The van der Waals surface area contributed by atoms with Crippen LogP contribution in [-0.4, -0.2) is 4.98 Å². The van der Waals surface area contributed by atoms with Crippen molar-refractivity contribution in [1.82, 2.24) is 4.98 Å². The third-order valence-electron chi connectivity index (χ3n) is 1.51. The van der Waals surface area contributed by atoms with Gasteiger partial charge in [0.2, 0.25) is 0 Å². The van der Waals surface area contributed by atoms with Gasteiger partial charge in [0.15, 0.2) is 0 Å². The van der Waals surface area contributed by atoms with Crippen molar-refractivity contribution in [3.63, 3.8) is 0 Å². The van der Waals surface area contributed by atoms with Gasteiger partial charge in [0.05, 0.1) is 0 Å². The van der Waals surface area contributed by atoms with E-state index in [1.54, 1.807) is 6.20 Å². The van der Waals surface area contributed by atoms with Gasteiger partial charge >= 0.3 is 0 Å². The molecule has 0 aromatic carbocycles. The molecule has 1 nitrogen and oxygen atoms in total. The summed E-state index contributed by atoms with van der Waals surface area (Å²) in [6, 6.07) is 4.05. The van der Waals surface area contributed by atoms with E-state index < -0.39 is 0 Å². The second-order valence-corrected chi connectivity index (χ2v) is 2.74. The number of nitrogens with zero attached hydrogens (tertiary/aromatic N) is 1. The van der Waals surface area contributed by atoms with E-state index in [2.05, 4.69) is 25.8 Å². The summed E-state index contributed by atoms with van der Waals surface area (Å²) in [6.07, 6.45) is 1.80. The number of hydrogen-bond donors (Lipinski definition) is 0. The number of hydrogen-bond acceptors (Lipinski definition) is 1. The van der Waals surface area contributed by atoms with Gasteiger partial charge in [0, 0.05) is 11.9 Å². The molecule has 1 aromatic heterocycles. The molecule has 0 saturated heterocycles. The van der Waals surface area contributed by atoms with Crippen LogP contribution in [0.4, 0.5) is 0 Å². The third-order valence-corrected chi connectivity index (χ3v) is 1.51. The molecule has 0 bridgehead atoms. The molecule has 1 rings (SSSR count). The Morgan fingerprint density at radius 2 is 2.20 bits per heavy atom. The Kier molecular flexibility index (Phi) is 2.05. The van der Waals surface area contributed by atoms with Gasteiger partial charge in [-0.2, -0.15) is 0 Å². The molecule has 0 saturated carbocycles. The minimum Gasteiger partial charge on any atom is -0.261 e. The van der Waals surface area contributed by atoms with Crippen molar-refractivity contribution < 1.29 is 0 Å². The van der Waals surface area contributed by atoms with E-state index in [0.717, 1.165) is 5.69 Å². The third kappa shape index (κ3) is 1.56. The van der Waals surface area contributed by atoms with Crippen molar-refractivity contribution in [3.05, 3.63) is 36.5 Å². The lowest BCUT2D eigenvalue weighted by Gasteiger charge is -2.03. The molecule has 0 N–H and O–H groups in total. The summed E-state index contributed by atoms with van der Waals surface area (Å²) in [4.78, 5) is 4.01. The maximum Gasteiger partial charge on any atom is 0.0410 e. The summed E-state index contributed by atoms with van der Waals surface area (Å²) in [5.74, 6) is 0.573. The second-order valence-electron chi connectivity index (χ2n) is 2.74. The van der Waals surface area contributed by atoms with Gasteiger partial charge in [0.1, 0.15) is 0 Å². The van der Waals surface area contributed by atoms with E-state index >= 15 is 0 Å². The van der Waals surface area contributed by atoms with Gasteiger partial charge < -0.3 is 0 Å². The summed E-state index contributed by atoms with van der Waals surface area (Å²) in [5, 5.41) is 0. The molecule has 1 radical (unpaired) electrons. The molecule has 0 unspecified atom stereocenters. The van der Waals surface area contributed by atoms with E-state index in [1.165, 1.54) is 5.56 Å². The van der Waals surface area contributed by atoms with Crippen molar-refractivity contribution in [2.24, 2.45) is 0 Å². The van der Waals surface area contributed by atoms with Gasteiger partial charge in [-0.15, -0.1) is 0 Å². The summed E-state index contributed by atoms with van der Waals surface area (Å²) in [7, 11) is 0. The zero-order valence-electron chi connectivity index (χ0n) is 6.46. The molecule has 0 spiro atoms. The highest BCUT2D eigenvalue weighted by Gasteiger charge is 1.97. The van der Waals surface area contributed by atoms with E-state index in [-0.39, 0.29) is 0 Å². The fourth-order valence-electron chi connectivity index (χ4n) is 0.856.